The Balaban J connectivity index is 1.69. The zero-order valence-corrected chi connectivity index (χ0v) is 14.7. The molecule has 2 aliphatic rings. The summed E-state index contributed by atoms with van der Waals surface area (Å²) in [5.41, 5.74) is 0.136. The Morgan fingerprint density at radius 1 is 1.25 bits per heavy atom. The minimum atomic E-state index is -1.04. The minimum Gasteiger partial charge on any atom is -0.490 e. The predicted octanol–water partition coefficient (Wildman–Crippen LogP) is 1.82. The monoisotopic (exact) mass is 332 g/mol. The number of β-amino-alcohol motifs (C(OH)–C–C–N with tert-alkyl or cyclic N) is 1. The van der Waals surface area contributed by atoms with Crippen molar-refractivity contribution in [1.82, 2.24) is 9.80 Å². The van der Waals surface area contributed by atoms with Crippen molar-refractivity contribution in [3.63, 3.8) is 0 Å². The summed E-state index contributed by atoms with van der Waals surface area (Å²) in [4.78, 5) is 16.0. The van der Waals surface area contributed by atoms with E-state index in [1.54, 1.807) is 11.8 Å². The minimum absolute atomic E-state index is 0.0132. The molecule has 0 spiro atoms. The lowest BCUT2D eigenvalue weighted by Crippen LogP contribution is -2.54. The molecule has 0 unspecified atom stereocenters. The second-order valence-corrected chi connectivity index (χ2v) is 7.32. The van der Waals surface area contributed by atoms with Crippen LogP contribution >= 0.6 is 0 Å². The Morgan fingerprint density at radius 2 is 1.96 bits per heavy atom. The van der Waals surface area contributed by atoms with Gasteiger partial charge in [0, 0.05) is 32.6 Å². The summed E-state index contributed by atoms with van der Waals surface area (Å²) in [5, 5.41) is 11.2. The number of amides is 1. The number of hydrogen-bond acceptors (Lipinski definition) is 4. The fourth-order valence-corrected chi connectivity index (χ4v) is 3.47. The zero-order chi connectivity index (χ0) is 17.2. The van der Waals surface area contributed by atoms with E-state index in [-0.39, 0.29) is 12.5 Å². The number of benzene rings is 1. The first-order valence-electron chi connectivity index (χ1n) is 8.87. The second kappa shape index (κ2) is 7.11. The van der Waals surface area contributed by atoms with Gasteiger partial charge in [-0.3, -0.25) is 9.69 Å². The van der Waals surface area contributed by atoms with E-state index < -0.39 is 5.60 Å². The van der Waals surface area contributed by atoms with Gasteiger partial charge in [-0.05, 0) is 31.9 Å². The molecule has 1 aromatic carbocycles. The number of rotatable bonds is 4. The lowest BCUT2D eigenvalue weighted by atomic mass is 9.90. The molecule has 5 nitrogen and oxygen atoms in total. The number of carbonyl (C=O) groups is 1. The van der Waals surface area contributed by atoms with Gasteiger partial charge in [0.05, 0.1) is 6.54 Å². The van der Waals surface area contributed by atoms with Crippen molar-refractivity contribution >= 4 is 5.91 Å². The van der Waals surface area contributed by atoms with Crippen LogP contribution in [0.4, 0.5) is 0 Å². The molecule has 1 saturated carbocycles. The quantitative estimate of drug-likeness (QED) is 0.914. The number of aliphatic hydroxyl groups is 1. The number of aryl methyl sites for hydroxylation is 1. The lowest BCUT2D eigenvalue weighted by molar-refractivity contribution is -0.132. The number of hydrogen-bond donors (Lipinski definition) is 1. The summed E-state index contributed by atoms with van der Waals surface area (Å²) < 4.78 is 5.85. The van der Waals surface area contributed by atoms with Crippen LogP contribution in [0.25, 0.3) is 0 Å². The van der Waals surface area contributed by atoms with Crippen LogP contribution < -0.4 is 4.74 Å². The molecule has 3 rings (SSSR count). The van der Waals surface area contributed by atoms with Crippen LogP contribution in [0.1, 0.15) is 31.7 Å². The number of ether oxygens (including phenoxy) is 1. The molecule has 5 heteroatoms. The summed E-state index contributed by atoms with van der Waals surface area (Å²) in [6, 6.07) is 8.37. The van der Waals surface area contributed by atoms with Gasteiger partial charge in [-0.1, -0.05) is 24.1 Å². The molecule has 2 fully saturated rings. The van der Waals surface area contributed by atoms with E-state index >= 15 is 0 Å². The normalized spacial score (nSPS) is 25.9. The van der Waals surface area contributed by atoms with E-state index in [0.29, 0.717) is 25.7 Å². The third kappa shape index (κ3) is 4.08. The first-order valence-corrected chi connectivity index (χ1v) is 8.87. The highest BCUT2D eigenvalue weighted by Crippen LogP contribution is 2.28. The van der Waals surface area contributed by atoms with Gasteiger partial charge in [-0.25, -0.2) is 0 Å². The number of carbonyl (C=O) groups excluding carboxylic acids is 1. The fraction of sp³-hybridized carbons (Fsp3) is 0.632. The first kappa shape index (κ1) is 17.2. The van der Waals surface area contributed by atoms with Crippen molar-refractivity contribution in [2.75, 3.05) is 32.8 Å². The maximum atomic E-state index is 11.9. The Morgan fingerprint density at radius 3 is 2.54 bits per heavy atom. The molecule has 1 atom stereocenters. The highest BCUT2D eigenvalue weighted by molar-refractivity contribution is 5.73. The van der Waals surface area contributed by atoms with Crippen molar-refractivity contribution in [1.29, 1.82) is 0 Å². The Hall–Kier alpha value is -1.59. The van der Waals surface area contributed by atoms with Gasteiger partial charge in [0.1, 0.15) is 18.0 Å². The molecular weight excluding hydrogens is 304 g/mol. The predicted molar refractivity (Wildman–Crippen MR) is 93.1 cm³/mol. The Labute approximate surface area is 144 Å². The van der Waals surface area contributed by atoms with Crippen molar-refractivity contribution < 1.29 is 14.6 Å². The van der Waals surface area contributed by atoms with Crippen molar-refractivity contribution in [2.24, 2.45) is 0 Å². The van der Waals surface area contributed by atoms with Crippen LogP contribution in [0, 0.1) is 6.92 Å². The average Bonchev–Trinajstić information content (AvgIpc) is 2.65. The summed E-state index contributed by atoms with van der Waals surface area (Å²) >= 11 is 0. The number of nitrogens with zero attached hydrogens (tertiary/aromatic N) is 2. The van der Waals surface area contributed by atoms with Crippen molar-refractivity contribution in [3.05, 3.63) is 29.8 Å². The molecule has 0 aromatic heterocycles. The van der Waals surface area contributed by atoms with E-state index in [4.69, 9.17) is 4.74 Å². The topological polar surface area (TPSA) is 53.0 Å². The third-order valence-electron chi connectivity index (χ3n) is 5.20. The van der Waals surface area contributed by atoms with Gasteiger partial charge in [-0.15, -0.1) is 0 Å². The molecule has 1 heterocycles. The largest absolute Gasteiger partial charge is 0.490 e. The maximum Gasteiger partial charge on any atom is 0.219 e. The van der Waals surface area contributed by atoms with Gasteiger partial charge in [0.25, 0.3) is 0 Å². The molecule has 0 bridgehead atoms. The first-order chi connectivity index (χ1) is 11.5. The summed E-state index contributed by atoms with van der Waals surface area (Å²) in [6.07, 6.45) is 3.64. The summed E-state index contributed by atoms with van der Waals surface area (Å²) in [5.74, 6) is 0.766. The molecule has 1 aliphatic carbocycles. The standard InChI is InChI=1S/C19H28N2O3/c1-15-6-8-18(9-7-15)24-14-19(23)12-20(16(2)22)10-11-21(13-19)17-4-3-5-17/h6-9,17,23H,3-5,10-14H2,1-2H3/t19-/m1/s1. The SMILES string of the molecule is CC(=O)N1CCN(C2CCC2)C[C@@](O)(COc2ccc(C)cc2)C1. The smallest absolute Gasteiger partial charge is 0.219 e. The second-order valence-electron chi connectivity index (χ2n) is 7.32. The van der Waals surface area contributed by atoms with Gasteiger partial charge < -0.3 is 14.7 Å². The Bertz CT molecular complexity index is 570. The summed E-state index contributed by atoms with van der Waals surface area (Å²) in [6.45, 7) is 6.20. The molecular formula is C19H28N2O3. The zero-order valence-electron chi connectivity index (χ0n) is 14.7. The van der Waals surface area contributed by atoms with E-state index in [1.807, 2.05) is 31.2 Å². The van der Waals surface area contributed by atoms with Crippen molar-refractivity contribution in [3.8, 4) is 5.75 Å². The van der Waals surface area contributed by atoms with Crippen LogP contribution in [-0.4, -0.2) is 65.2 Å². The maximum absolute atomic E-state index is 11.9. The molecule has 1 saturated heterocycles. The van der Waals surface area contributed by atoms with E-state index in [9.17, 15) is 9.90 Å². The molecule has 24 heavy (non-hydrogen) atoms. The molecule has 1 amide bonds. The van der Waals surface area contributed by atoms with Crippen LogP contribution in [0.3, 0.4) is 0 Å². The average molecular weight is 332 g/mol. The fourth-order valence-electron chi connectivity index (χ4n) is 3.47. The lowest BCUT2D eigenvalue weighted by Gasteiger charge is -2.40. The van der Waals surface area contributed by atoms with Crippen molar-refractivity contribution in [2.45, 2.75) is 44.8 Å². The highest BCUT2D eigenvalue weighted by Gasteiger charge is 2.39. The molecule has 1 N–H and O–H groups in total. The van der Waals surface area contributed by atoms with Gasteiger partial charge >= 0.3 is 0 Å². The molecule has 1 aromatic rings. The Kier molecular flexibility index (Phi) is 5.11. The van der Waals surface area contributed by atoms with E-state index in [1.165, 1.54) is 24.8 Å². The van der Waals surface area contributed by atoms with Crippen LogP contribution in [0.2, 0.25) is 0 Å². The van der Waals surface area contributed by atoms with Crippen LogP contribution in [0.5, 0.6) is 5.75 Å². The summed E-state index contributed by atoms with van der Waals surface area (Å²) in [7, 11) is 0. The van der Waals surface area contributed by atoms with Gasteiger partial charge in [0.2, 0.25) is 5.91 Å². The molecule has 132 valence electrons. The van der Waals surface area contributed by atoms with Gasteiger partial charge in [0.15, 0.2) is 0 Å². The van der Waals surface area contributed by atoms with Crippen LogP contribution in [-0.2, 0) is 4.79 Å². The molecule has 1 aliphatic heterocycles. The van der Waals surface area contributed by atoms with E-state index in [2.05, 4.69) is 4.90 Å². The van der Waals surface area contributed by atoms with Crippen LogP contribution in [0.15, 0.2) is 24.3 Å². The third-order valence-corrected chi connectivity index (χ3v) is 5.20. The molecule has 0 radical (unpaired) electrons. The van der Waals surface area contributed by atoms with Gasteiger partial charge in [-0.2, -0.15) is 0 Å². The van der Waals surface area contributed by atoms with E-state index in [0.717, 1.165) is 12.3 Å². The highest BCUT2D eigenvalue weighted by atomic mass is 16.5.